The Labute approximate surface area is 130 Å². The summed E-state index contributed by atoms with van der Waals surface area (Å²) in [6.07, 6.45) is 0. The molecule has 4 rings (SSSR count). The summed E-state index contributed by atoms with van der Waals surface area (Å²) in [6, 6.07) is 11.9. The van der Waals surface area contributed by atoms with Gasteiger partial charge in [0.1, 0.15) is 0 Å². The van der Waals surface area contributed by atoms with Crippen molar-refractivity contribution in [2.24, 2.45) is 0 Å². The summed E-state index contributed by atoms with van der Waals surface area (Å²) in [5, 5.41) is 1.48. The lowest BCUT2D eigenvalue weighted by atomic mass is 10.2. The monoisotopic (exact) mass is 318 g/mol. The zero-order valence-corrected chi connectivity index (χ0v) is 12.5. The number of imidazole rings is 1. The van der Waals surface area contributed by atoms with Gasteiger partial charge in [0.2, 0.25) is 6.79 Å². The molecule has 1 aliphatic rings. The van der Waals surface area contributed by atoms with Crippen LogP contribution in [0.3, 0.4) is 0 Å². The van der Waals surface area contributed by atoms with E-state index >= 15 is 0 Å². The Morgan fingerprint density at radius 3 is 3.05 bits per heavy atom. The van der Waals surface area contributed by atoms with Gasteiger partial charge in [-0.15, -0.1) is 0 Å². The van der Waals surface area contributed by atoms with Gasteiger partial charge in [0.15, 0.2) is 16.7 Å². The molecule has 2 heterocycles. The predicted octanol–water partition coefficient (Wildman–Crippen LogP) is 4.24. The molecule has 0 fully saturated rings. The van der Waals surface area contributed by atoms with Crippen LogP contribution >= 0.6 is 23.4 Å². The highest BCUT2D eigenvalue weighted by Crippen LogP contribution is 2.40. The second kappa shape index (κ2) is 5.16. The third kappa shape index (κ3) is 2.43. The minimum absolute atomic E-state index is 0.231. The number of thioether (sulfide) groups is 1. The highest BCUT2D eigenvalue weighted by molar-refractivity contribution is 7.98. The fourth-order valence-corrected chi connectivity index (χ4v) is 3.36. The summed E-state index contributed by atoms with van der Waals surface area (Å²) >= 11 is 7.81. The average Bonchev–Trinajstić information content (AvgIpc) is 3.11. The number of nitrogens with zero attached hydrogens (tertiary/aromatic N) is 1. The van der Waals surface area contributed by atoms with E-state index < -0.39 is 0 Å². The number of rotatable bonds is 3. The van der Waals surface area contributed by atoms with Crippen LogP contribution in [0.5, 0.6) is 11.5 Å². The fourth-order valence-electron chi connectivity index (χ4n) is 2.25. The Hall–Kier alpha value is -1.85. The highest BCUT2D eigenvalue weighted by Gasteiger charge is 2.18. The Kier molecular flexibility index (Phi) is 3.16. The largest absolute Gasteiger partial charge is 0.454 e. The maximum atomic E-state index is 6.18. The molecule has 6 heteroatoms. The Balaban J connectivity index is 1.55. The molecule has 106 valence electrons. The number of para-hydroxylation sites is 2. The van der Waals surface area contributed by atoms with E-state index in [0.29, 0.717) is 16.5 Å². The molecule has 0 saturated carbocycles. The van der Waals surface area contributed by atoms with Gasteiger partial charge in [0, 0.05) is 5.75 Å². The summed E-state index contributed by atoms with van der Waals surface area (Å²) < 4.78 is 10.7. The standard InChI is InChI=1S/C15H11ClN2O2S/c16-10-5-9(6-13-14(10)20-8-19-13)7-21-15-17-11-3-1-2-4-12(11)18-15/h1-6H,7-8H2,(H,17,18). The molecular weight excluding hydrogens is 308 g/mol. The van der Waals surface area contributed by atoms with E-state index in [1.165, 1.54) is 0 Å². The number of fused-ring (bicyclic) bond motifs is 2. The van der Waals surface area contributed by atoms with Gasteiger partial charge in [-0.25, -0.2) is 4.98 Å². The number of ether oxygens (including phenoxy) is 2. The zero-order valence-electron chi connectivity index (χ0n) is 10.9. The van der Waals surface area contributed by atoms with Crippen molar-refractivity contribution in [3.05, 3.63) is 47.0 Å². The topological polar surface area (TPSA) is 47.1 Å². The first-order chi connectivity index (χ1) is 10.3. The molecule has 4 nitrogen and oxygen atoms in total. The summed E-state index contributed by atoms with van der Waals surface area (Å²) in [5.74, 6) is 2.10. The van der Waals surface area contributed by atoms with Gasteiger partial charge >= 0.3 is 0 Å². The van der Waals surface area contributed by atoms with Gasteiger partial charge in [-0.1, -0.05) is 35.5 Å². The predicted molar refractivity (Wildman–Crippen MR) is 83.2 cm³/mol. The van der Waals surface area contributed by atoms with Crippen LogP contribution in [-0.2, 0) is 5.75 Å². The van der Waals surface area contributed by atoms with Crippen LogP contribution in [-0.4, -0.2) is 16.8 Å². The molecule has 21 heavy (non-hydrogen) atoms. The molecule has 0 atom stereocenters. The number of hydrogen-bond acceptors (Lipinski definition) is 4. The van der Waals surface area contributed by atoms with Crippen LogP contribution in [0.15, 0.2) is 41.6 Å². The maximum Gasteiger partial charge on any atom is 0.231 e. The van der Waals surface area contributed by atoms with Gasteiger partial charge in [0.05, 0.1) is 16.1 Å². The van der Waals surface area contributed by atoms with E-state index in [1.807, 2.05) is 36.4 Å². The van der Waals surface area contributed by atoms with Gasteiger partial charge in [-0.2, -0.15) is 0 Å². The Morgan fingerprint density at radius 2 is 2.14 bits per heavy atom. The van der Waals surface area contributed by atoms with Crippen LogP contribution in [0.1, 0.15) is 5.56 Å². The highest BCUT2D eigenvalue weighted by atomic mass is 35.5. The van der Waals surface area contributed by atoms with Crippen molar-refractivity contribution in [1.29, 1.82) is 0 Å². The summed E-state index contributed by atoms with van der Waals surface area (Å²) in [6.45, 7) is 0.231. The minimum Gasteiger partial charge on any atom is -0.454 e. The Bertz CT molecular complexity index is 786. The number of nitrogens with one attached hydrogen (secondary N) is 1. The molecule has 0 amide bonds. The Morgan fingerprint density at radius 1 is 1.24 bits per heavy atom. The molecule has 0 saturated heterocycles. The summed E-state index contributed by atoms with van der Waals surface area (Å²) in [4.78, 5) is 7.84. The molecule has 1 aliphatic heterocycles. The fraction of sp³-hybridized carbons (Fsp3) is 0.133. The maximum absolute atomic E-state index is 6.18. The van der Waals surface area contributed by atoms with E-state index in [1.54, 1.807) is 11.8 Å². The lowest BCUT2D eigenvalue weighted by Gasteiger charge is -2.03. The van der Waals surface area contributed by atoms with Crippen molar-refractivity contribution >= 4 is 34.4 Å². The lowest BCUT2D eigenvalue weighted by Crippen LogP contribution is -1.93. The molecular formula is C15H11ClN2O2S. The number of hydrogen-bond donors (Lipinski definition) is 1. The number of halogens is 1. The molecule has 0 unspecified atom stereocenters. The number of H-pyrrole nitrogens is 1. The average molecular weight is 319 g/mol. The van der Waals surface area contributed by atoms with Crippen molar-refractivity contribution in [2.75, 3.05) is 6.79 Å². The smallest absolute Gasteiger partial charge is 0.231 e. The minimum atomic E-state index is 0.231. The van der Waals surface area contributed by atoms with Crippen LogP contribution < -0.4 is 9.47 Å². The van der Waals surface area contributed by atoms with E-state index in [-0.39, 0.29) is 6.79 Å². The van der Waals surface area contributed by atoms with Crippen molar-refractivity contribution in [3.8, 4) is 11.5 Å². The normalized spacial score (nSPS) is 13.0. The molecule has 2 aromatic carbocycles. The van der Waals surface area contributed by atoms with Crippen LogP contribution in [0.2, 0.25) is 5.02 Å². The van der Waals surface area contributed by atoms with Crippen LogP contribution in [0, 0.1) is 0 Å². The van der Waals surface area contributed by atoms with E-state index in [9.17, 15) is 0 Å². The second-order valence-electron chi connectivity index (χ2n) is 4.66. The molecule has 0 spiro atoms. The molecule has 0 aliphatic carbocycles. The molecule has 1 aromatic heterocycles. The van der Waals surface area contributed by atoms with Crippen LogP contribution in [0.25, 0.3) is 11.0 Å². The number of benzene rings is 2. The van der Waals surface area contributed by atoms with Crippen molar-refractivity contribution in [1.82, 2.24) is 9.97 Å². The zero-order chi connectivity index (χ0) is 14.2. The SMILES string of the molecule is Clc1cc(CSc2nc3ccccc3[nH]2)cc2c1OCO2. The third-order valence-corrected chi connectivity index (χ3v) is 4.46. The molecule has 0 bridgehead atoms. The van der Waals surface area contributed by atoms with Crippen molar-refractivity contribution < 1.29 is 9.47 Å². The van der Waals surface area contributed by atoms with E-state index in [0.717, 1.165) is 27.5 Å². The number of aromatic amines is 1. The van der Waals surface area contributed by atoms with Gasteiger partial charge in [-0.3, -0.25) is 0 Å². The molecule has 0 radical (unpaired) electrons. The van der Waals surface area contributed by atoms with Crippen molar-refractivity contribution in [2.45, 2.75) is 10.9 Å². The first-order valence-electron chi connectivity index (χ1n) is 6.45. The summed E-state index contributed by atoms with van der Waals surface area (Å²) in [5.41, 5.74) is 3.10. The van der Waals surface area contributed by atoms with Gasteiger partial charge in [0.25, 0.3) is 0 Å². The van der Waals surface area contributed by atoms with Crippen LogP contribution in [0.4, 0.5) is 0 Å². The first-order valence-corrected chi connectivity index (χ1v) is 7.81. The van der Waals surface area contributed by atoms with Gasteiger partial charge < -0.3 is 14.5 Å². The number of aromatic nitrogens is 2. The quantitative estimate of drug-likeness (QED) is 0.734. The van der Waals surface area contributed by atoms with Crippen molar-refractivity contribution in [3.63, 3.8) is 0 Å². The van der Waals surface area contributed by atoms with E-state index in [4.69, 9.17) is 21.1 Å². The van der Waals surface area contributed by atoms with Gasteiger partial charge in [-0.05, 0) is 29.8 Å². The second-order valence-corrected chi connectivity index (χ2v) is 6.03. The third-order valence-electron chi connectivity index (χ3n) is 3.23. The van der Waals surface area contributed by atoms with E-state index in [2.05, 4.69) is 9.97 Å². The molecule has 3 aromatic rings. The first kappa shape index (κ1) is 12.9. The summed E-state index contributed by atoms with van der Waals surface area (Å²) in [7, 11) is 0. The lowest BCUT2D eigenvalue weighted by molar-refractivity contribution is 0.174. The molecule has 1 N–H and O–H groups in total.